The number of rotatable bonds is 3. The number of allylic oxidation sites excluding steroid dienone is 1. The molecule has 0 saturated carbocycles. The van der Waals surface area contributed by atoms with Crippen molar-refractivity contribution < 1.29 is 0 Å². The molecular weight excluding hydrogens is 667 g/mol. The van der Waals surface area contributed by atoms with E-state index in [1.807, 2.05) is 42.6 Å². The van der Waals surface area contributed by atoms with Crippen molar-refractivity contribution in [3.8, 4) is 0 Å². The molecule has 16 bridgehead atoms. The summed E-state index contributed by atoms with van der Waals surface area (Å²) in [5.74, 6) is -0.213. The highest BCUT2D eigenvalue weighted by Gasteiger charge is 2.27. The Morgan fingerprint density at radius 2 is 0.889 bits per heavy atom. The second kappa shape index (κ2) is 12.0. The van der Waals surface area contributed by atoms with E-state index in [0.29, 0.717) is 0 Å². The fourth-order valence-corrected chi connectivity index (χ4v) is 7.57. The molecule has 256 valence electrons. The van der Waals surface area contributed by atoms with Gasteiger partial charge in [-0.2, -0.15) is 0 Å². The van der Waals surface area contributed by atoms with Crippen LogP contribution in [0.25, 0.3) is 92.2 Å². The number of aromatic nitrogens is 9. The van der Waals surface area contributed by atoms with Gasteiger partial charge in [-0.15, -0.1) is 0 Å². The number of aromatic amines is 5. The molecule has 0 aromatic carbocycles. The van der Waals surface area contributed by atoms with Crippen molar-refractivity contribution in [1.29, 1.82) is 0 Å². The molecule has 0 aliphatic carbocycles. The summed E-state index contributed by atoms with van der Waals surface area (Å²) in [6, 6.07) is 35.5. The first-order valence-corrected chi connectivity index (χ1v) is 17.9. The fourth-order valence-electron chi connectivity index (χ4n) is 7.57. The van der Waals surface area contributed by atoms with Crippen LogP contribution in [0.5, 0.6) is 0 Å². The molecule has 1 unspecified atom stereocenters. The van der Waals surface area contributed by atoms with Crippen LogP contribution in [0.1, 0.15) is 62.7 Å². The van der Waals surface area contributed by atoms with Crippen molar-refractivity contribution in [3.05, 3.63) is 166 Å². The van der Waals surface area contributed by atoms with Gasteiger partial charge in [0.2, 0.25) is 0 Å². The summed E-state index contributed by atoms with van der Waals surface area (Å²) in [6.07, 6.45) is 16.4. The Balaban J connectivity index is 1.16. The lowest BCUT2D eigenvalue weighted by molar-refractivity contribution is 1.00. The summed E-state index contributed by atoms with van der Waals surface area (Å²) >= 11 is 0. The molecule has 0 fully saturated rings. The Morgan fingerprint density at radius 1 is 0.407 bits per heavy atom. The third-order valence-corrected chi connectivity index (χ3v) is 9.95. The van der Waals surface area contributed by atoms with E-state index in [2.05, 4.69) is 134 Å². The lowest BCUT2D eigenvalue weighted by Gasteiger charge is -2.17. The summed E-state index contributed by atoms with van der Waals surface area (Å²) in [5, 5.41) is 0. The van der Waals surface area contributed by atoms with E-state index in [0.717, 1.165) is 107 Å². The van der Waals surface area contributed by atoms with Crippen molar-refractivity contribution in [2.45, 2.75) is 5.92 Å². The molecule has 11 rings (SSSR count). The maximum atomic E-state index is 5.24. The molecule has 5 N–H and O–H groups in total. The van der Waals surface area contributed by atoms with Crippen molar-refractivity contribution in [2.75, 3.05) is 0 Å². The first kappa shape index (κ1) is 30.1. The Kier molecular flexibility index (Phi) is 6.71. The van der Waals surface area contributed by atoms with Crippen LogP contribution in [0, 0.1) is 0 Å². The number of H-pyrrole nitrogens is 5. The normalized spacial score (nSPS) is 13.7. The predicted octanol–water partition coefficient (Wildman–Crippen LogP) is 10.2. The predicted molar refractivity (Wildman–Crippen MR) is 219 cm³/mol. The zero-order valence-electron chi connectivity index (χ0n) is 28.8. The van der Waals surface area contributed by atoms with Gasteiger partial charge in [0.05, 0.1) is 51.5 Å². The summed E-state index contributed by atoms with van der Waals surface area (Å²) in [6.45, 7) is 0. The third-order valence-electron chi connectivity index (χ3n) is 9.95. The number of hydrogen-bond acceptors (Lipinski definition) is 4. The first-order valence-electron chi connectivity index (χ1n) is 17.9. The molecule has 0 saturated heterocycles. The maximum Gasteiger partial charge on any atom is 0.0701 e. The zero-order valence-corrected chi connectivity index (χ0v) is 28.8. The minimum Gasteiger partial charge on any atom is -0.364 e. The lowest BCUT2D eigenvalue weighted by Crippen LogP contribution is -2.04. The van der Waals surface area contributed by atoms with Gasteiger partial charge in [0.1, 0.15) is 0 Å². The Bertz CT molecular complexity index is 3120. The highest BCUT2D eigenvalue weighted by Crippen LogP contribution is 2.42. The van der Waals surface area contributed by atoms with Gasteiger partial charge in [-0.3, -0.25) is 0 Å². The highest BCUT2D eigenvalue weighted by atomic mass is 14.8. The first-order chi connectivity index (χ1) is 26.6. The van der Waals surface area contributed by atoms with Crippen molar-refractivity contribution >= 4 is 92.2 Å². The van der Waals surface area contributed by atoms with Crippen molar-refractivity contribution in [3.63, 3.8) is 0 Å². The molecule has 9 heteroatoms. The summed E-state index contributed by atoms with van der Waals surface area (Å²) in [5.41, 5.74) is 17.9. The number of hydrogen-bond donors (Lipinski definition) is 5. The van der Waals surface area contributed by atoms with Crippen LogP contribution >= 0.6 is 0 Å². The van der Waals surface area contributed by atoms with Gasteiger partial charge >= 0.3 is 0 Å². The van der Waals surface area contributed by atoms with Gasteiger partial charge in [0.15, 0.2) is 0 Å². The summed E-state index contributed by atoms with van der Waals surface area (Å²) in [7, 11) is 0. The van der Waals surface area contributed by atoms with Crippen LogP contribution in [-0.4, -0.2) is 44.9 Å². The van der Waals surface area contributed by atoms with E-state index in [1.165, 1.54) is 0 Å². The Labute approximate surface area is 308 Å². The van der Waals surface area contributed by atoms with E-state index in [4.69, 9.17) is 19.9 Å². The standard InChI is InChI=1S/C45H31N9/c1-2-42(46-15-1)45(40-22-38-20-34-9-7-30(49-34)16-26-3-5-28(47-26)18-32-11-13-36(51-32)24-43(40)53-38)41-23-39-21-35-10-8-31(50-35)17-27-4-6-29(48-27)19-33-12-14-37(52-33)25-44(41)54-39/h1-25,45-49,54H. The molecule has 4 aliphatic rings. The topological polar surface area (TPSA) is 131 Å². The van der Waals surface area contributed by atoms with Gasteiger partial charge in [0.25, 0.3) is 0 Å². The Morgan fingerprint density at radius 3 is 1.43 bits per heavy atom. The quantitative estimate of drug-likeness (QED) is 0.126. The molecule has 0 radical (unpaired) electrons. The molecule has 7 aromatic rings. The summed E-state index contributed by atoms with van der Waals surface area (Å²) < 4.78 is 0. The number of nitrogens with zero attached hydrogens (tertiary/aromatic N) is 4. The van der Waals surface area contributed by atoms with E-state index in [9.17, 15) is 0 Å². The van der Waals surface area contributed by atoms with Gasteiger partial charge in [-0.25, -0.2) is 19.9 Å². The fraction of sp³-hybridized carbons (Fsp3) is 0.0222. The van der Waals surface area contributed by atoms with E-state index < -0.39 is 0 Å². The molecule has 11 heterocycles. The maximum absolute atomic E-state index is 5.24. The zero-order chi connectivity index (χ0) is 35.6. The number of nitrogens with one attached hydrogen (secondary N) is 5. The van der Waals surface area contributed by atoms with Gasteiger partial charge in [0, 0.05) is 56.0 Å². The molecule has 9 nitrogen and oxygen atoms in total. The molecule has 1 atom stereocenters. The van der Waals surface area contributed by atoms with Crippen LogP contribution in [0.2, 0.25) is 0 Å². The van der Waals surface area contributed by atoms with Crippen LogP contribution in [0.4, 0.5) is 0 Å². The Hall–Kier alpha value is -7.52. The molecule has 0 amide bonds. The smallest absolute Gasteiger partial charge is 0.0701 e. The molecular formula is C45H31N9. The molecule has 54 heavy (non-hydrogen) atoms. The van der Waals surface area contributed by atoms with Crippen molar-refractivity contribution in [1.82, 2.24) is 44.9 Å². The average Bonchev–Trinajstić information content (AvgIpc) is 3.98. The molecule has 4 aliphatic heterocycles. The van der Waals surface area contributed by atoms with E-state index >= 15 is 0 Å². The largest absolute Gasteiger partial charge is 0.364 e. The van der Waals surface area contributed by atoms with Crippen LogP contribution in [0.15, 0.2) is 109 Å². The van der Waals surface area contributed by atoms with E-state index in [-0.39, 0.29) is 5.92 Å². The van der Waals surface area contributed by atoms with Crippen LogP contribution < -0.4 is 0 Å². The minimum absolute atomic E-state index is 0.213. The van der Waals surface area contributed by atoms with E-state index in [1.54, 1.807) is 0 Å². The second-order valence-electron chi connectivity index (χ2n) is 13.8. The summed E-state index contributed by atoms with van der Waals surface area (Å²) in [4.78, 5) is 37.8. The molecule has 0 spiro atoms. The average molecular weight is 698 g/mol. The minimum atomic E-state index is -0.213. The molecule has 7 aromatic heterocycles. The SMILES string of the molecule is C1=Cc2cc3ccc(cc4ccc(cc5nc(cc1n2)C(C(c1ccc[nH]1)c1cc2cc6nc(cc7ccc(cc8nc(cc1[nH]2)C=C8)[nH]7)C=C6)=C5)[nH]4)[nH]3. The third kappa shape index (κ3) is 5.70. The van der Waals surface area contributed by atoms with Gasteiger partial charge in [-0.1, -0.05) is 0 Å². The highest BCUT2D eigenvalue weighted by molar-refractivity contribution is 5.92. The van der Waals surface area contributed by atoms with Crippen molar-refractivity contribution in [2.24, 2.45) is 0 Å². The van der Waals surface area contributed by atoms with Gasteiger partial charge < -0.3 is 24.9 Å². The monoisotopic (exact) mass is 697 g/mol. The second-order valence-corrected chi connectivity index (χ2v) is 13.8. The van der Waals surface area contributed by atoms with Gasteiger partial charge in [-0.05, 0) is 157 Å². The van der Waals surface area contributed by atoms with Crippen LogP contribution in [-0.2, 0) is 0 Å². The lowest BCUT2D eigenvalue weighted by atomic mass is 9.86. The number of fused-ring (bicyclic) bond motifs is 16. The van der Waals surface area contributed by atoms with Crippen LogP contribution in [0.3, 0.4) is 0 Å².